The minimum atomic E-state index is -0.583. The molecular weight excluding hydrogens is 396 g/mol. The van der Waals surface area contributed by atoms with Crippen LogP contribution in [0.15, 0.2) is 58.3 Å². The van der Waals surface area contributed by atoms with Crippen molar-refractivity contribution in [3.63, 3.8) is 0 Å². The van der Waals surface area contributed by atoms with Gasteiger partial charge in [0.05, 0.1) is 11.7 Å². The van der Waals surface area contributed by atoms with E-state index < -0.39 is 11.8 Å². The Kier molecular flexibility index (Phi) is 4.76. The number of carbonyl (C=O) groups excluding carboxylic acids is 2. The summed E-state index contributed by atoms with van der Waals surface area (Å²) in [5.74, 6) is -0.988. The van der Waals surface area contributed by atoms with Gasteiger partial charge in [-0.05, 0) is 29.6 Å². The zero-order chi connectivity index (χ0) is 19.7. The van der Waals surface area contributed by atoms with E-state index in [1.54, 1.807) is 29.5 Å². The summed E-state index contributed by atoms with van der Waals surface area (Å²) in [7, 11) is 0. The number of carbonyl (C=O) groups is 2. The van der Waals surface area contributed by atoms with Crippen molar-refractivity contribution >= 4 is 50.4 Å². The Labute approximate surface area is 167 Å². The molecule has 1 aromatic carbocycles. The van der Waals surface area contributed by atoms with Crippen molar-refractivity contribution in [2.75, 3.05) is 5.32 Å². The molecule has 0 aliphatic rings. The molecule has 7 nitrogen and oxygen atoms in total. The number of benzene rings is 1. The van der Waals surface area contributed by atoms with Crippen LogP contribution in [0.2, 0.25) is 0 Å². The SMILES string of the molecule is NC(=O)c1cccc(NC(=O)Cn2cnc3scc(-c4cccs4)c3c2=O)c1. The number of fused-ring (bicyclic) bond motifs is 1. The van der Waals surface area contributed by atoms with Crippen molar-refractivity contribution in [2.45, 2.75) is 6.54 Å². The van der Waals surface area contributed by atoms with Crippen LogP contribution in [0.3, 0.4) is 0 Å². The van der Waals surface area contributed by atoms with Crippen LogP contribution in [-0.4, -0.2) is 21.4 Å². The topological polar surface area (TPSA) is 107 Å². The Hall–Kier alpha value is -3.30. The van der Waals surface area contributed by atoms with E-state index in [-0.39, 0.29) is 17.7 Å². The zero-order valence-corrected chi connectivity index (χ0v) is 16.0. The first kappa shape index (κ1) is 18.1. The van der Waals surface area contributed by atoms with Crippen molar-refractivity contribution in [3.05, 3.63) is 69.4 Å². The molecule has 140 valence electrons. The fraction of sp³-hybridized carbons (Fsp3) is 0.0526. The molecule has 0 atom stereocenters. The first-order valence-corrected chi connectivity index (χ1v) is 9.99. The zero-order valence-electron chi connectivity index (χ0n) is 14.4. The molecule has 0 unspecified atom stereocenters. The largest absolute Gasteiger partial charge is 0.366 e. The number of nitrogens with zero attached hydrogens (tertiary/aromatic N) is 2. The number of nitrogens with one attached hydrogen (secondary N) is 1. The molecule has 0 aliphatic carbocycles. The van der Waals surface area contributed by atoms with Gasteiger partial charge in [0.1, 0.15) is 11.4 Å². The number of anilines is 1. The number of hydrogen-bond donors (Lipinski definition) is 2. The molecule has 0 aliphatic heterocycles. The normalized spacial score (nSPS) is 10.9. The molecule has 0 saturated carbocycles. The maximum atomic E-state index is 12.9. The molecule has 0 spiro atoms. The van der Waals surface area contributed by atoms with Crippen LogP contribution in [-0.2, 0) is 11.3 Å². The molecule has 3 aromatic heterocycles. The van der Waals surface area contributed by atoms with Gasteiger partial charge in [-0.3, -0.25) is 19.0 Å². The van der Waals surface area contributed by atoms with E-state index >= 15 is 0 Å². The third kappa shape index (κ3) is 3.45. The van der Waals surface area contributed by atoms with Crippen molar-refractivity contribution < 1.29 is 9.59 Å². The highest BCUT2D eigenvalue weighted by molar-refractivity contribution is 7.18. The van der Waals surface area contributed by atoms with Gasteiger partial charge in [-0.25, -0.2) is 4.98 Å². The highest BCUT2D eigenvalue weighted by Crippen LogP contribution is 2.33. The number of nitrogens with two attached hydrogens (primary N) is 1. The van der Waals surface area contributed by atoms with Gasteiger partial charge in [0.2, 0.25) is 11.8 Å². The lowest BCUT2D eigenvalue weighted by Crippen LogP contribution is -2.27. The van der Waals surface area contributed by atoms with Gasteiger partial charge in [-0.2, -0.15) is 0 Å². The first-order chi connectivity index (χ1) is 13.5. The standard InChI is InChI=1S/C19H14N4O3S2/c20-17(25)11-3-1-4-12(7-11)22-15(24)8-23-10-21-18-16(19(23)26)13(9-28-18)14-5-2-6-27-14/h1-7,9-10H,8H2,(H2,20,25)(H,22,24). The van der Waals surface area contributed by atoms with Crippen molar-refractivity contribution in [1.29, 1.82) is 0 Å². The Bertz CT molecular complexity index is 1240. The van der Waals surface area contributed by atoms with Crippen LogP contribution in [0.5, 0.6) is 0 Å². The van der Waals surface area contributed by atoms with Gasteiger partial charge >= 0.3 is 0 Å². The molecule has 3 N–H and O–H groups in total. The first-order valence-electron chi connectivity index (χ1n) is 8.23. The molecular formula is C19H14N4O3S2. The van der Waals surface area contributed by atoms with Gasteiger partial charge in [0.15, 0.2) is 0 Å². The van der Waals surface area contributed by atoms with E-state index in [1.807, 2.05) is 22.9 Å². The molecule has 3 heterocycles. The summed E-state index contributed by atoms with van der Waals surface area (Å²) in [6.45, 7) is -0.192. The van der Waals surface area contributed by atoms with E-state index in [0.29, 0.717) is 15.9 Å². The summed E-state index contributed by atoms with van der Waals surface area (Å²) in [6, 6.07) is 10.2. The van der Waals surface area contributed by atoms with Crippen LogP contribution < -0.4 is 16.6 Å². The van der Waals surface area contributed by atoms with Gasteiger partial charge in [-0.1, -0.05) is 12.1 Å². The lowest BCUT2D eigenvalue weighted by molar-refractivity contribution is -0.116. The quantitative estimate of drug-likeness (QED) is 0.527. The van der Waals surface area contributed by atoms with Gasteiger partial charge in [0.25, 0.3) is 5.56 Å². The van der Waals surface area contributed by atoms with E-state index in [4.69, 9.17) is 5.73 Å². The summed E-state index contributed by atoms with van der Waals surface area (Å²) < 4.78 is 1.28. The molecule has 4 aromatic rings. The predicted molar refractivity (Wildman–Crippen MR) is 111 cm³/mol. The van der Waals surface area contributed by atoms with E-state index in [9.17, 15) is 14.4 Å². The third-order valence-corrected chi connectivity index (χ3v) is 5.88. The van der Waals surface area contributed by atoms with E-state index in [1.165, 1.54) is 28.3 Å². The van der Waals surface area contributed by atoms with Crippen molar-refractivity contribution in [2.24, 2.45) is 5.73 Å². The van der Waals surface area contributed by atoms with E-state index in [0.717, 1.165) is 10.4 Å². The van der Waals surface area contributed by atoms with Crippen LogP contribution in [0.25, 0.3) is 20.7 Å². The summed E-state index contributed by atoms with van der Waals surface area (Å²) in [5, 5.41) is 7.03. The Morgan fingerprint density at radius 1 is 1.18 bits per heavy atom. The molecule has 9 heteroatoms. The number of primary amides is 1. The number of amides is 2. The van der Waals surface area contributed by atoms with Crippen LogP contribution in [0.4, 0.5) is 5.69 Å². The maximum Gasteiger partial charge on any atom is 0.263 e. The minimum Gasteiger partial charge on any atom is -0.366 e. The summed E-state index contributed by atoms with van der Waals surface area (Å²) in [5.41, 5.74) is 6.53. The second-order valence-electron chi connectivity index (χ2n) is 5.98. The molecule has 0 bridgehead atoms. The Balaban J connectivity index is 1.61. The average molecular weight is 410 g/mol. The van der Waals surface area contributed by atoms with Gasteiger partial charge in [0, 0.05) is 27.1 Å². The molecule has 0 saturated heterocycles. The average Bonchev–Trinajstić information content (AvgIpc) is 3.33. The van der Waals surface area contributed by atoms with Crippen molar-refractivity contribution in [1.82, 2.24) is 9.55 Å². The van der Waals surface area contributed by atoms with E-state index in [2.05, 4.69) is 10.3 Å². The number of hydrogen-bond acceptors (Lipinski definition) is 6. The second kappa shape index (κ2) is 7.37. The smallest absolute Gasteiger partial charge is 0.263 e. The second-order valence-corrected chi connectivity index (χ2v) is 7.78. The predicted octanol–water partition coefficient (Wildman–Crippen LogP) is 2.92. The molecule has 2 amide bonds. The van der Waals surface area contributed by atoms with Gasteiger partial charge < -0.3 is 11.1 Å². The fourth-order valence-corrected chi connectivity index (χ4v) is 4.52. The number of thiophene rings is 2. The molecule has 0 fully saturated rings. The highest BCUT2D eigenvalue weighted by atomic mass is 32.1. The summed E-state index contributed by atoms with van der Waals surface area (Å²) in [4.78, 5) is 42.5. The summed E-state index contributed by atoms with van der Waals surface area (Å²) in [6.07, 6.45) is 1.37. The fourth-order valence-electron chi connectivity index (χ4n) is 2.80. The number of aromatic nitrogens is 2. The molecule has 0 radical (unpaired) electrons. The Morgan fingerprint density at radius 3 is 2.79 bits per heavy atom. The van der Waals surface area contributed by atoms with Crippen molar-refractivity contribution in [3.8, 4) is 10.4 Å². The molecule has 28 heavy (non-hydrogen) atoms. The lowest BCUT2D eigenvalue weighted by atomic mass is 10.2. The lowest BCUT2D eigenvalue weighted by Gasteiger charge is -2.08. The Morgan fingerprint density at radius 2 is 2.04 bits per heavy atom. The minimum absolute atomic E-state index is 0.192. The van der Waals surface area contributed by atoms with Crippen LogP contribution in [0.1, 0.15) is 10.4 Å². The summed E-state index contributed by atoms with van der Waals surface area (Å²) >= 11 is 2.94. The third-order valence-electron chi connectivity index (χ3n) is 4.09. The van der Waals surface area contributed by atoms with Crippen LogP contribution >= 0.6 is 22.7 Å². The van der Waals surface area contributed by atoms with Gasteiger partial charge in [-0.15, -0.1) is 22.7 Å². The van der Waals surface area contributed by atoms with Crippen LogP contribution in [0, 0.1) is 0 Å². The maximum absolute atomic E-state index is 12.9. The monoisotopic (exact) mass is 410 g/mol. The molecule has 4 rings (SSSR count). The number of rotatable bonds is 5. The highest BCUT2D eigenvalue weighted by Gasteiger charge is 2.15.